The lowest BCUT2D eigenvalue weighted by Gasteiger charge is -2.31. The number of aromatic nitrogens is 2. The van der Waals surface area contributed by atoms with Crippen molar-refractivity contribution in [3.63, 3.8) is 0 Å². The molecular formula is C26H35N7O3. The molecule has 0 bridgehead atoms. The summed E-state index contributed by atoms with van der Waals surface area (Å²) < 4.78 is 5.98. The molecule has 0 saturated carbocycles. The van der Waals surface area contributed by atoms with Crippen molar-refractivity contribution < 1.29 is 14.3 Å². The van der Waals surface area contributed by atoms with E-state index in [-0.39, 0.29) is 28.7 Å². The zero-order valence-electron chi connectivity index (χ0n) is 21.9. The molecule has 1 amide bonds. The van der Waals surface area contributed by atoms with Gasteiger partial charge in [-0.2, -0.15) is 0 Å². The van der Waals surface area contributed by atoms with E-state index in [1.54, 1.807) is 38.6 Å². The number of carbonyl (C=O) groups is 1. The van der Waals surface area contributed by atoms with Gasteiger partial charge in [0.05, 0.1) is 30.2 Å². The highest BCUT2D eigenvalue weighted by Crippen LogP contribution is 2.41. The highest BCUT2D eigenvalue weighted by Gasteiger charge is 2.32. The maximum absolute atomic E-state index is 12.5. The van der Waals surface area contributed by atoms with Gasteiger partial charge >= 0.3 is 0 Å². The average Bonchev–Trinajstić information content (AvgIpc) is 3.46. The molecule has 2 aromatic heterocycles. The van der Waals surface area contributed by atoms with Gasteiger partial charge in [-0.1, -0.05) is 40.7 Å². The number of phenols is 1. The molecule has 1 aliphatic rings. The van der Waals surface area contributed by atoms with Crippen molar-refractivity contribution in [3.8, 4) is 5.75 Å². The van der Waals surface area contributed by atoms with Crippen LogP contribution in [-0.4, -0.2) is 46.6 Å². The molecule has 192 valence electrons. The highest BCUT2D eigenvalue weighted by molar-refractivity contribution is 5.98. The van der Waals surface area contributed by atoms with E-state index < -0.39 is 0 Å². The number of hydrogen-bond acceptors (Lipinski definition) is 9. The Morgan fingerprint density at radius 2 is 1.81 bits per heavy atom. The normalized spacial score (nSPS) is 13.6. The van der Waals surface area contributed by atoms with Crippen LogP contribution in [0.25, 0.3) is 0 Å². The Kier molecular flexibility index (Phi) is 6.71. The van der Waals surface area contributed by atoms with E-state index >= 15 is 0 Å². The molecule has 3 heterocycles. The van der Waals surface area contributed by atoms with E-state index in [4.69, 9.17) is 14.4 Å². The molecule has 1 atom stereocenters. The van der Waals surface area contributed by atoms with Crippen LogP contribution in [-0.2, 0) is 0 Å². The first-order chi connectivity index (χ1) is 17.0. The summed E-state index contributed by atoms with van der Waals surface area (Å²) in [5.41, 5.74) is 1.43. The summed E-state index contributed by atoms with van der Waals surface area (Å²) in [6.45, 7) is 11.1. The number of benzene rings is 1. The van der Waals surface area contributed by atoms with Crippen LogP contribution in [0.1, 0.15) is 68.3 Å². The number of hydrogen-bond donors (Lipinski definition) is 5. The molecule has 0 fully saturated rings. The molecule has 10 nitrogen and oxygen atoms in total. The number of phenolic OH excluding ortho intramolecular Hbond substituents is 1. The van der Waals surface area contributed by atoms with Crippen LogP contribution in [0, 0.1) is 5.41 Å². The maximum Gasteiger partial charge on any atom is 0.257 e. The van der Waals surface area contributed by atoms with Crippen molar-refractivity contribution in [2.24, 2.45) is 5.41 Å². The molecule has 0 aliphatic carbocycles. The molecule has 0 saturated heterocycles. The topological polar surface area (TPSA) is 128 Å². The number of aromatic hydroxyl groups is 1. The van der Waals surface area contributed by atoms with Gasteiger partial charge in [0.2, 0.25) is 0 Å². The van der Waals surface area contributed by atoms with E-state index in [0.717, 1.165) is 11.3 Å². The fraction of sp³-hybridized carbons (Fsp3) is 0.423. The van der Waals surface area contributed by atoms with Crippen LogP contribution in [0.5, 0.6) is 5.75 Å². The summed E-state index contributed by atoms with van der Waals surface area (Å²) in [4.78, 5) is 23.4. The Bertz CT molecular complexity index is 1260. The van der Waals surface area contributed by atoms with Crippen molar-refractivity contribution in [1.82, 2.24) is 14.9 Å². The predicted molar refractivity (Wildman–Crippen MR) is 142 cm³/mol. The van der Waals surface area contributed by atoms with E-state index in [0.29, 0.717) is 41.5 Å². The molecule has 0 spiro atoms. The molecule has 3 aromatic rings. The Labute approximate surface area is 211 Å². The summed E-state index contributed by atoms with van der Waals surface area (Å²) in [6.07, 6.45) is 1.80. The first kappa shape index (κ1) is 25.2. The number of amides is 1. The molecule has 0 unspecified atom stereocenters. The third-order valence-electron chi connectivity index (χ3n) is 6.07. The molecule has 0 radical (unpaired) electrons. The zero-order valence-corrected chi connectivity index (χ0v) is 21.9. The van der Waals surface area contributed by atoms with E-state index in [1.165, 1.54) is 4.90 Å². The fourth-order valence-electron chi connectivity index (χ4n) is 3.94. The molecule has 4 rings (SSSR count). The van der Waals surface area contributed by atoms with Crippen molar-refractivity contribution in [1.29, 1.82) is 0 Å². The van der Waals surface area contributed by atoms with Gasteiger partial charge in [-0.05, 0) is 35.1 Å². The standard InChI is InChI=1S/C26H35N7O3/c1-14(2)15-11-18(36-12-15)20(26(3,4)5)30-24-23(31-21-22(32-24)28-13-27-21)29-17-10-8-9-16(19(17)34)25(35)33(6)7/h8-12,14,20,34H,13H2,1-7H3,(H2,27,29,31)(H2,28,30,32)/t20-/m0/s1. The lowest BCUT2D eigenvalue weighted by Crippen LogP contribution is -2.26. The number of para-hydroxylation sites is 1. The Morgan fingerprint density at radius 3 is 2.39 bits per heavy atom. The van der Waals surface area contributed by atoms with Gasteiger partial charge in [0.1, 0.15) is 5.76 Å². The minimum absolute atomic E-state index is 0.157. The lowest BCUT2D eigenvalue weighted by atomic mass is 9.85. The third-order valence-corrected chi connectivity index (χ3v) is 6.07. The van der Waals surface area contributed by atoms with Crippen LogP contribution in [0.3, 0.4) is 0 Å². The summed E-state index contributed by atoms with van der Waals surface area (Å²) >= 11 is 0. The average molecular weight is 494 g/mol. The Morgan fingerprint density at radius 1 is 1.14 bits per heavy atom. The SMILES string of the molecule is CC(C)c1coc([C@H](Nc2nc3c(nc2Nc2cccc(C(=O)N(C)C)c2O)NCN3)C(C)(C)C)c1. The van der Waals surface area contributed by atoms with Crippen LogP contribution in [0.15, 0.2) is 34.9 Å². The first-order valence-electron chi connectivity index (χ1n) is 12.0. The van der Waals surface area contributed by atoms with Gasteiger partial charge < -0.3 is 35.7 Å². The second-order valence-electron chi connectivity index (χ2n) is 10.6. The molecule has 5 N–H and O–H groups in total. The minimum atomic E-state index is -0.299. The van der Waals surface area contributed by atoms with Crippen LogP contribution in [0.4, 0.5) is 29.0 Å². The van der Waals surface area contributed by atoms with E-state index in [9.17, 15) is 9.90 Å². The smallest absolute Gasteiger partial charge is 0.257 e. The van der Waals surface area contributed by atoms with Gasteiger partial charge in [0.15, 0.2) is 29.0 Å². The van der Waals surface area contributed by atoms with Gasteiger partial charge in [-0.3, -0.25) is 4.79 Å². The monoisotopic (exact) mass is 493 g/mol. The number of nitrogens with one attached hydrogen (secondary N) is 4. The lowest BCUT2D eigenvalue weighted by molar-refractivity contribution is 0.0824. The van der Waals surface area contributed by atoms with Crippen molar-refractivity contribution >= 4 is 34.9 Å². The molecule has 10 heteroatoms. The number of furan rings is 1. The second kappa shape index (κ2) is 9.60. The third kappa shape index (κ3) is 5.02. The molecular weight excluding hydrogens is 458 g/mol. The summed E-state index contributed by atoms with van der Waals surface area (Å²) in [7, 11) is 3.28. The number of carbonyl (C=O) groups excluding carboxylic acids is 1. The zero-order chi connectivity index (χ0) is 26.2. The van der Waals surface area contributed by atoms with Crippen molar-refractivity contribution in [3.05, 3.63) is 47.4 Å². The van der Waals surface area contributed by atoms with Gasteiger partial charge in [0, 0.05) is 14.1 Å². The van der Waals surface area contributed by atoms with E-state index in [1.807, 2.05) is 0 Å². The fourth-order valence-corrected chi connectivity index (χ4v) is 3.94. The van der Waals surface area contributed by atoms with Gasteiger partial charge in [0.25, 0.3) is 5.91 Å². The number of rotatable bonds is 7. The molecule has 36 heavy (non-hydrogen) atoms. The first-order valence-corrected chi connectivity index (χ1v) is 12.0. The largest absolute Gasteiger partial charge is 0.505 e. The number of nitrogens with zero attached hydrogens (tertiary/aromatic N) is 3. The highest BCUT2D eigenvalue weighted by atomic mass is 16.3. The maximum atomic E-state index is 12.5. The van der Waals surface area contributed by atoms with E-state index in [2.05, 4.69) is 62.0 Å². The predicted octanol–water partition coefficient (Wildman–Crippen LogP) is 5.34. The number of fused-ring (bicyclic) bond motifs is 1. The second-order valence-corrected chi connectivity index (χ2v) is 10.6. The molecule has 1 aliphatic heterocycles. The van der Waals surface area contributed by atoms with Crippen LogP contribution in [0.2, 0.25) is 0 Å². The summed E-state index contributed by atoms with van der Waals surface area (Å²) in [6, 6.07) is 6.84. The summed E-state index contributed by atoms with van der Waals surface area (Å²) in [5.74, 6) is 2.79. The number of anilines is 5. The Balaban J connectivity index is 1.74. The van der Waals surface area contributed by atoms with Gasteiger partial charge in [-0.15, -0.1) is 0 Å². The minimum Gasteiger partial charge on any atom is -0.505 e. The Hall–Kier alpha value is -3.95. The van der Waals surface area contributed by atoms with Crippen molar-refractivity contribution in [2.45, 2.75) is 46.6 Å². The van der Waals surface area contributed by atoms with Crippen LogP contribution < -0.4 is 21.3 Å². The quantitative estimate of drug-likeness (QED) is 0.277. The molecule has 1 aromatic carbocycles. The van der Waals surface area contributed by atoms with Crippen LogP contribution >= 0.6 is 0 Å². The summed E-state index contributed by atoms with van der Waals surface area (Å²) in [5, 5.41) is 23.9. The van der Waals surface area contributed by atoms with Gasteiger partial charge in [-0.25, -0.2) is 9.97 Å². The van der Waals surface area contributed by atoms with Crippen molar-refractivity contribution in [2.75, 3.05) is 42.0 Å².